The van der Waals surface area contributed by atoms with Gasteiger partial charge in [-0.1, -0.05) is 18.6 Å². The summed E-state index contributed by atoms with van der Waals surface area (Å²) in [5, 5.41) is 10.2. The van der Waals surface area contributed by atoms with Crippen molar-refractivity contribution >= 4 is 0 Å². The van der Waals surface area contributed by atoms with Crippen molar-refractivity contribution in [3.8, 4) is 5.75 Å². The smallest absolute Gasteiger partial charge is 0.121 e. The van der Waals surface area contributed by atoms with Gasteiger partial charge in [-0.2, -0.15) is 0 Å². The molecular weight excluding hydrogens is 214 g/mol. The minimum absolute atomic E-state index is 0.287. The first kappa shape index (κ1) is 12.4. The maximum atomic E-state index is 10.2. The molecule has 0 radical (unpaired) electrons. The summed E-state index contributed by atoms with van der Waals surface area (Å²) in [5.74, 6) is 1.24. The van der Waals surface area contributed by atoms with Crippen LogP contribution >= 0.6 is 0 Å². The topological polar surface area (TPSA) is 55.5 Å². The van der Waals surface area contributed by atoms with E-state index in [2.05, 4.69) is 0 Å². The second-order valence-electron chi connectivity index (χ2n) is 4.94. The van der Waals surface area contributed by atoms with Crippen molar-refractivity contribution in [1.29, 1.82) is 0 Å². The van der Waals surface area contributed by atoms with Crippen LogP contribution in [0.2, 0.25) is 0 Å². The zero-order valence-corrected chi connectivity index (χ0v) is 10.5. The van der Waals surface area contributed by atoms with Gasteiger partial charge >= 0.3 is 0 Å². The maximum Gasteiger partial charge on any atom is 0.121 e. The fourth-order valence-corrected chi connectivity index (χ4v) is 2.38. The van der Waals surface area contributed by atoms with Gasteiger partial charge in [0.1, 0.15) is 5.75 Å². The third-order valence-corrected chi connectivity index (χ3v) is 3.80. The van der Waals surface area contributed by atoms with E-state index in [0.29, 0.717) is 5.92 Å². The van der Waals surface area contributed by atoms with E-state index >= 15 is 0 Å². The highest BCUT2D eigenvalue weighted by Gasteiger charge is 2.30. The molecule has 1 fully saturated rings. The number of methoxy groups -OCH3 is 1. The number of hydrogen-bond acceptors (Lipinski definition) is 3. The van der Waals surface area contributed by atoms with Gasteiger partial charge < -0.3 is 15.6 Å². The van der Waals surface area contributed by atoms with Gasteiger partial charge in [-0.05, 0) is 42.9 Å². The Morgan fingerprint density at radius 1 is 1.41 bits per heavy atom. The number of aliphatic hydroxyl groups is 1. The number of benzene rings is 1. The van der Waals surface area contributed by atoms with E-state index in [4.69, 9.17) is 10.5 Å². The molecule has 3 nitrogen and oxygen atoms in total. The van der Waals surface area contributed by atoms with Crippen molar-refractivity contribution < 1.29 is 9.84 Å². The van der Waals surface area contributed by atoms with E-state index in [0.717, 1.165) is 29.7 Å². The van der Waals surface area contributed by atoms with Gasteiger partial charge in [0.2, 0.25) is 0 Å². The first-order chi connectivity index (χ1) is 8.13. The Morgan fingerprint density at radius 2 is 2.12 bits per heavy atom. The number of rotatable bonds is 4. The van der Waals surface area contributed by atoms with Crippen LogP contribution in [0, 0.1) is 12.8 Å². The van der Waals surface area contributed by atoms with Crippen LogP contribution in [0.4, 0.5) is 0 Å². The molecule has 1 aromatic carbocycles. The number of ether oxygens (including phenoxy) is 1. The fraction of sp³-hybridized carbons (Fsp3) is 0.571. The molecule has 0 heterocycles. The molecule has 3 N–H and O–H groups in total. The summed E-state index contributed by atoms with van der Waals surface area (Å²) in [6.45, 7) is 1.99. The first-order valence-electron chi connectivity index (χ1n) is 6.21. The Balaban J connectivity index is 2.12. The van der Waals surface area contributed by atoms with Gasteiger partial charge in [0, 0.05) is 0 Å². The second-order valence-corrected chi connectivity index (χ2v) is 4.94. The van der Waals surface area contributed by atoms with Crippen LogP contribution in [-0.4, -0.2) is 18.3 Å². The van der Waals surface area contributed by atoms with Crippen LogP contribution in [0.3, 0.4) is 0 Å². The highest BCUT2D eigenvalue weighted by atomic mass is 16.5. The van der Waals surface area contributed by atoms with Crippen LogP contribution in [0.5, 0.6) is 5.75 Å². The Morgan fingerprint density at radius 3 is 2.59 bits per heavy atom. The van der Waals surface area contributed by atoms with E-state index in [-0.39, 0.29) is 6.04 Å². The van der Waals surface area contributed by atoms with Crippen molar-refractivity contribution in [3.05, 3.63) is 29.3 Å². The molecule has 0 saturated heterocycles. The molecule has 17 heavy (non-hydrogen) atoms. The quantitative estimate of drug-likeness (QED) is 0.841. The van der Waals surface area contributed by atoms with Gasteiger partial charge in [-0.25, -0.2) is 0 Å². The standard InChI is InChI=1S/C14H21NO2/c1-9-8-11(6-7-12(9)17-2)13(15)14(16)10-4-3-5-10/h6-8,10,13-14,16H,3-5,15H2,1-2H3/t13-,14+/m0/s1. The summed E-state index contributed by atoms with van der Waals surface area (Å²) in [5.41, 5.74) is 8.16. The molecule has 1 aliphatic carbocycles. The third-order valence-electron chi connectivity index (χ3n) is 3.80. The highest BCUT2D eigenvalue weighted by molar-refractivity contribution is 5.37. The molecule has 0 spiro atoms. The Hall–Kier alpha value is -1.06. The van der Waals surface area contributed by atoms with Crippen molar-refractivity contribution in [2.45, 2.75) is 38.3 Å². The zero-order chi connectivity index (χ0) is 12.4. The molecule has 94 valence electrons. The van der Waals surface area contributed by atoms with Crippen molar-refractivity contribution in [3.63, 3.8) is 0 Å². The van der Waals surface area contributed by atoms with Crippen LogP contribution in [0.1, 0.15) is 36.4 Å². The number of nitrogens with two attached hydrogens (primary N) is 1. The van der Waals surface area contributed by atoms with Crippen LogP contribution < -0.4 is 10.5 Å². The molecule has 1 saturated carbocycles. The molecule has 0 aliphatic heterocycles. The van der Waals surface area contributed by atoms with Crippen molar-refractivity contribution in [1.82, 2.24) is 0 Å². The Kier molecular flexibility index (Phi) is 3.69. The maximum absolute atomic E-state index is 10.2. The van der Waals surface area contributed by atoms with E-state index in [9.17, 15) is 5.11 Å². The monoisotopic (exact) mass is 235 g/mol. The average Bonchev–Trinajstić information content (AvgIpc) is 2.25. The summed E-state index contributed by atoms with van der Waals surface area (Å²) in [6.07, 6.45) is 3.00. The number of aliphatic hydroxyl groups excluding tert-OH is 1. The Bertz CT molecular complexity index is 388. The van der Waals surface area contributed by atoms with Crippen LogP contribution in [-0.2, 0) is 0 Å². The molecule has 1 aliphatic rings. The van der Waals surface area contributed by atoms with Crippen molar-refractivity contribution in [2.24, 2.45) is 11.7 Å². The largest absolute Gasteiger partial charge is 0.496 e. The minimum atomic E-state index is -0.420. The molecule has 3 heteroatoms. The summed E-state index contributed by atoms with van der Waals surface area (Å²) in [4.78, 5) is 0. The molecule has 0 amide bonds. The SMILES string of the molecule is COc1ccc([C@H](N)[C@H](O)C2CCC2)cc1C. The van der Waals surface area contributed by atoms with E-state index in [1.165, 1.54) is 6.42 Å². The number of aryl methyl sites for hydroxylation is 1. The lowest BCUT2D eigenvalue weighted by Crippen LogP contribution is -2.36. The highest BCUT2D eigenvalue weighted by Crippen LogP contribution is 2.34. The van der Waals surface area contributed by atoms with E-state index < -0.39 is 6.10 Å². The summed E-state index contributed by atoms with van der Waals surface area (Å²) in [6, 6.07) is 5.58. The lowest BCUT2D eigenvalue weighted by molar-refractivity contribution is 0.0413. The van der Waals surface area contributed by atoms with Crippen LogP contribution in [0.15, 0.2) is 18.2 Å². The van der Waals surface area contributed by atoms with Gasteiger partial charge in [-0.3, -0.25) is 0 Å². The molecule has 2 rings (SSSR count). The predicted octanol–water partition coefficient (Wildman–Crippen LogP) is 2.16. The molecular formula is C14H21NO2. The molecule has 1 aromatic rings. The molecule has 0 unspecified atom stereocenters. The van der Waals surface area contributed by atoms with Crippen LogP contribution in [0.25, 0.3) is 0 Å². The average molecular weight is 235 g/mol. The van der Waals surface area contributed by atoms with E-state index in [1.807, 2.05) is 25.1 Å². The number of hydrogen-bond donors (Lipinski definition) is 2. The summed E-state index contributed by atoms with van der Waals surface area (Å²) < 4.78 is 5.22. The fourth-order valence-electron chi connectivity index (χ4n) is 2.38. The lowest BCUT2D eigenvalue weighted by Gasteiger charge is -2.34. The van der Waals surface area contributed by atoms with Gasteiger partial charge in [0.05, 0.1) is 19.3 Å². The van der Waals surface area contributed by atoms with Crippen molar-refractivity contribution in [2.75, 3.05) is 7.11 Å². The lowest BCUT2D eigenvalue weighted by atomic mass is 9.77. The predicted molar refractivity (Wildman–Crippen MR) is 68.0 cm³/mol. The second kappa shape index (κ2) is 5.07. The minimum Gasteiger partial charge on any atom is -0.496 e. The molecule has 0 aromatic heterocycles. The molecule has 2 atom stereocenters. The molecule has 0 bridgehead atoms. The van der Waals surface area contributed by atoms with Gasteiger partial charge in [-0.15, -0.1) is 0 Å². The normalized spacial score (nSPS) is 19.5. The third kappa shape index (κ3) is 2.45. The first-order valence-corrected chi connectivity index (χ1v) is 6.21. The van der Waals surface area contributed by atoms with E-state index in [1.54, 1.807) is 7.11 Å². The Labute approximate surface area is 103 Å². The summed E-state index contributed by atoms with van der Waals surface area (Å²) in [7, 11) is 1.66. The zero-order valence-electron chi connectivity index (χ0n) is 10.5. The van der Waals surface area contributed by atoms with Gasteiger partial charge in [0.25, 0.3) is 0 Å². The summed E-state index contributed by atoms with van der Waals surface area (Å²) >= 11 is 0. The van der Waals surface area contributed by atoms with Gasteiger partial charge in [0.15, 0.2) is 0 Å².